The minimum atomic E-state index is -0.958. The molecule has 4 nitrogen and oxygen atoms in total. The molecule has 4 heteroatoms. The first-order valence-electron chi connectivity index (χ1n) is 4.21. The lowest BCUT2D eigenvalue weighted by atomic mass is 10.1. The van der Waals surface area contributed by atoms with E-state index >= 15 is 0 Å². The van der Waals surface area contributed by atoms with Crippen molar-refractivity contribution in [1.82, 2.24) is 4.98 Å². The van der Waals surface area contributed by atoms with E-state index < -0.39 is 5.97 Å². The number of pyridine rings is 1. The van der Waals surface area contributed by atoms with Gasteiger partial charge in [0, 0.05) is 11.8 Å². The van der Waals surface area contributed by atoms with Crippen molar-refractivity contribution in [3.63, 3.8) is 0 Å². The van der Waals surface area contributed by atoms with Gasteiger partial charge in [-0.2, -0.15) is 5.26 Å². The monoisotopic (exact) mass is 200 g/mol. The third-order valence-electron chi connectivity index (χ3n) is 1.66. The van der Waals surface area contributed by atoms with Gasteiger partial charge in [-0.05, 0) is 18.6 Å². The average molecular weight is 200 g/mol. The number of aryl methyl sites for hydroxylation is 1. The lowest BCUT2D eigenvalue weighted by molar-refractivity contribution is -0.135. The van der Waals surface area contributed by atoms with Gasteiger partial charge in [-0.25, -0.2) is 4.98 Å². The molecule has 0 amide bonds. The van der Waals surface area contributed by atoms with Crippen LogP contribution in [-0.2, 0) is 4.79 Å². The summed E-state index contributed by atoms with van der Waals surface area (Å²) in [7, 11) is 0. The van der Waals surface area contributed by atoms with Crippen LogP contribution in [0.1, 0.15) is 23.2 Å². The summed E-state index contributed by atoms with van der Waals surface area (Å²) in [5.41, 5.74) is 1.71. The van der Waals surface area contributed by atoms with E-state index in [0.717, 1.165) is 5.56 Å². The van der Waals surface area contributed by atoms with Gasteiger partial charge in [0.2, 0.25) is 0 Å². The smallest absolute Gasteiger partial charge is 0.315 e. The van der Waals surface area contributed by atoms with Crippen molar-refractivity contribution in [2.75, 3.05) is 0 Å². The molecule has 0 unspecified atom stereocenters. The SMILES string of the molecule is Cc1cc(C#CCC(=O)O)cnc1C#N. The van der Waals surface area contributed by atoms with Crippen LogP contribution in [0.15, 0.2) is 12.3 Å². The summed E-state index contributed by atoms with van der Waals surface area (Å²) < 4.78 is 0. The van der Waals surface area contributed by atoms with Crippen molar-refractivity contribution in [1.29, 1.82) is 5.26 Å². The van der Waals surface area contributed by atoms with Crippen molar-refractivity contribution in [2.45, 2.75) is 13.3 Å². The van der Waals surface area contributed by atoms with Crippen molar-refractivity contribution in [3.05, 3.63) is 29.1 Å². The van der Waals surface area contributed by atoms with Crippen LogP contribution in [0.5, 0.6) is 0 Å². The predicted molar refractivity (Wildman–Crippen MR) is 52.8 cm³/mol. The molecule has 0 saturated heterocycles. The highest BCUT2D eigenvalue weighted by Crippen LogP contribution is 2.05. The second-order valence-electron chi connectivity index (χ2n) is 2.87. The van der Waals surface area contributed by atoms with Crippen LogP contribution < -0.4 is 0 Å². The molecule has 1 aromatic heterocycles. The standard InChI is InChI=1S/C11H8N2O2/c1-8-5-9(3-2-4-11(14)15)7-13-10(8)6-12/h5,7H,4H2,1H3,(H,14,15). The zero-order valence-electron chi connectivity index (χ0n) is 8.11. The van der Waals surface area contributed by atoms with Crippen molar-refractivity contribution in [2.24, 2.45) is 0 Å². The Morgan fingerprint density at radius 3 is 2.93 bits per heavy atom. The largest absolute Gasteiger partial charge is 0.481 e. The third-order valence-corrected chi connectivity index (χ3v) is 1.66. The summed E-state index contributed by atoms with van der Waals surface area (Å²) >= 11 is 0. The van der Waals surface area contributed by atoms with E-state index in [1.165, 1.54) is 6.20 Å². The minimum Gasteiger partial charge on any atom is -0.481 e. The van der Waals surface area contributed by atoms with Gasteiger partial charge in [0.25, 0.3) is 0 Å². The fourth-order valence-electron chi connectivity index (χ4n) is 0.982. The number of aliphatic carboxylic acids is 1. The van der Waals surface area contributed by atoms with E-state index in [-0.39, 0.29) is 6.42 Å². The topological polar surface area (TPSA) is 74.0 Å². The van der Waals surface area contributed by atoms with Gasteiger partial charge in [-0.1, -0.05) is 11.8 Å². The molecule has 0 aromatic carbocycles. The zero-order valence-corrected chi connectivity index (χ0v) is 8.11. The molecule has 1 aromatic rings. The number of nitriles is 1. The Kier molecular flexibility index (Phi) is 3.43. The molecule has 0 aliphatic heterocycles. The lowest BCUT2D eigenvalue weighted by Crippen LogP contribution is -1.91. The summed E-state index contributed by atoms with van der Waals surface area (Å²) in [6.45, 7) is 1.76. The summed E-state index contributed by atoms with van der Waals surface area (Å²) in [6, 6.07) is 3.65. The molecule has 74 valence electrons. The summed E-state index contributed by atoms with van der Waals surface area (Å²) in [5, 5.41) is 17.0. The highest BCUT2D eigenvalue weighted by atomic mass is 16.4. The molecule has 0 fully saturated rings. The molecule has 0 atom stereocenters. The molecule has 0 aliphatic carbocycles. The molecule has 0 bridgehead atoms. The number of carboxylic acids is 1. The molecule has 15 heavy (non-hydrogen) atoms. The second-order valence-corrected chi connectivity index (χ2v) is 2.87. The van der Waals surface area contributed by atoms with Gasteiger partial charge < -0.3 is 5.11 Å². The number of carboxylic acid groups (broad SMARTS) is 1. The maximum Gasteiger partial charge on any atom is 0.315 e. The first-order valence-corrected chi connectivity index (χ1v) is 4.21. The number of aromatic nitrogens is 1. The maximum atomic E-state index is 10.2. The van der Waals surface area contributed by atoms with E-state index in [4.69, 9.17) is 10.4 Å². The Bertz CT molecular complexity index is 490. The van der Waals surface area contributed by atoms with Crippen LogP contribution in [0.3, 0.4) is 0 Å². The third kappa shape index (κ3) is 3.13. The second kappa shape index (κ2) is 4.78. The van der Waals surface area contributed by atoms with Gasteiger partial charge in [0.15, 0.2) is 0 Å². The molecule has 0 saturated carbocycles. The van der Waals surface area contributed by atoms with Gasteiger partial charge in [0.05, 0.1) is 0 Å². The van der Waals surface area contributed by atoms with Crippen LogP contribution in [0.2, 0.25) is 0 Å². The van der Waals surface area contributed by atoms with Crippen LogP contribution in [-0.4, -0.2) is 16.1 Å². The fourth-order valence-corrected chi connectivity index (χ4v) is 0.982. The molecule has 1 rings (SSSR count). The van der Waals surface area contributed by atoms with Gasteiger partial charge in [0.1, 0.15) is 18.2 Å². The number of nitrogens with zero attached hydrogens (tertiary/aromatic N) is 2. The van der Waals surface area contributed by atoms with Crippen molar-refractivity contribution in [3.8, 4) is 17.9 Å². The summed E-state index contributed by atoms with van der Waals surface area (Å²) in [4.78, 5) is 14.1. The van der Waals surface area contributed by atoms with Crippen LogP contribution in [0.25, 0.3) is 0 Å². The zero-order chi connectivity index (χ0) is 11.3. The summed E-state index contributed by atoms with van der Waals surface area (Å²) in [6.07, 6.45) is 1.26. The summed E-state index contributed by atoms with van der Waals surface area (Å²) in [5.74, 6) is 4.20. The molecule has 0 aliphatic rings. The molecule has 1 heterocycles. The predicted octanol–water partition coefficient (Wildman–Crippen LogP) is 1.09. The molecular weight excluding hydrogens is 192 g/mol. The number of rotatable bonds is 1. The van der Waals surface area contributed by atoms with E-state index in [2.05, 4.69) is 16.8 Å². The number of hydrogen-bond donors (Lipinski definition) is 1. The lowest BCUT2D eigenvalue weighted by Gasteiger charge is -1.95. The molecule has 1 N–H and O–H groups in total. The Morgan fingerprint density at radius 2 is 2.40 bits per heavy atom. The first-order chi connectivity index (χ1) is 7.13. The number of hydrogen-bond acceptors (Lipinski definition) is 3. The van der Waals surface area contributed by atoms with Gasteiger partial charge in [-0.3, -0.25) is 4.79 Å². The Morgan fingerprint density at radius 1 is 1.67 bits per heavy atom. The van der Waals surface area contributed by atoms with E-state index in [1.54, 1.807) is 13.0 Å². The minimum absolute atomic E-state index is 0.195. The van der Waals surface area contributed by atoms with E-state index in [1.807, 2.05) is 6.07 Å². The Labute approximate surface area is 87.2 Å². The highest BCUT2D eigenvalue weighted by molar-refractivity contribution is 5.70. The maximum absolute atomic E-state index is 10.2. The number of carbonyl (C=O) groups is 1. The van der Waals surface area contributed by atoms with E-state index in [0.29, 0.717) is 11.3 Å². The van der Waals surface area contributed by atoms with Crippen LogP contribution >= 0.6 is 0 Å². The molecular formula is C11H8N2O2. The van der Waals surface area contributed by atoms with Crippen molar-refractivity contribution >= 4 is 5.97 Å². The average Bonchev–Trinajstić information content (AvgIpc) is 2.17. The highest BCUT2D eigenvalue weighted by Gasteiger charge is 1.98. The quantitative estimate of drug-likeness (QED) is 0.688. The first kappa shape index (κ1) is 10.7. The van der Waals surface area contributed by atoms with E-state index in [9.17, 15) is 4.79 Å². The fraction of sp³-hybridized carbons (Fsp3) is 0.182. The van der Waals surface area contributed by atoms with Crippen LogP contribution in [0.4, 0.5) is 0 Å². The normalized spacial score (nSPS) is 8.53. The Hall–Kier alpha value is -2.33. The van der Waals surface area contributed by atoms with Gasteiger partial charge >= 0.3 is 5.97 Å². The van der Waals surface area contributed by atoms with Gasteiger partial charge in [-0.15, -0.1) is 0 Å². The molecule has 0 radical (unpaired) electrons. The molecule has 0 spiro atoms. The Balaban J connectivity index is 2.88. The van der Waals surface area contributed by atoms with Crippen molar-refractivity contribution < 1.29 is 9.90 Å². The van der Waals surface area contributed by atoms with Crippen LogP contribution in [0, 0.1) is 30.1 Å².